The monoisotopic (exact) mass is 328 g/mol. The van der Waals surface area contributed by atoms with Crippen molar-refractivity contribution in [2.75, 3.05) is 6.54 Å². The molecule has 0 saturated carbocycles. The molecule has 1 atom stereocenters. The zero-order valence-corrected chi connectivity index (χ0v) is 12.1. The fraction of sp³-hybridized carbons (Fsp3) is 0.267. The average molecular weight is 329 g/mol. The first-order valence-electron chi connectivity index (χ1n) is 6.68. The highest BCUT2D eigenvalue weighted by Gasteiger charge is 2.47. The topological polar surface area (TPSA) is 32.3 Å². The molecule has 0 bridgehead atoms. The third-order valence-corrected chi connectivity index (χ3v) is 4.00. The van der Waals surface area contributed by atoms with Crippen LogP contribution >= 0.6 is 11.6 Å². The van der Waals surface area contributed by atoms with Gasteiger partial charge >= 0.3 is 6.18 Å². The summed E-state index contributed by atoms with van der Waals surface area (Å²) < 4.78 is 40.8. The van der Waals surface area contributed by atoms with Crippen LogP contribution in [-0.2, 0) is 4.79 Å². The van der Waals surface area contributed by atoms with Crippen LogP contribution in [0.1, 0.15) is 18.0 Å². The largest absolute Gasteiger partial charge is 0.409 e. The fourth-order valence-electron chi connectivity index (χ4n) is 2.74. The summed E-state index contributed by atoms with van der Waals surface area (Å²) in [6.07, 6.45) is -4.47. The van der Waals surface area contributed by atoms with Crippen molar-refractivity contribution >= 4 is 28.3 Å². The molecule has 0 spiro atoms. The first-order valence-corrected chi connectivity index (χ1v) is 7.05. The number of benzene rings is 2. The summed E-state index contributed by atoms with van der Waals surface area (Å²) in [4.78, 5) is 11.3. The van der Waals surface area contributed by atoms with Crippen molar-refractivity contribution in [1.29, 1.82) is 0 Å². The van der Waals surface area contributed by atoms with Crippen LogP contribution in [0, 0.1) is 0 Å². The van der Waals surface area contributed by atoms with Crippen molar-refractivity contribution in [2.45, 2.75) is 18.6 Å². The Hall–Kier alpha value is -1.79. The van der Waals surface area contributed by atoms with Gasteiger partial charge in [-0.25, -0.2) is 5.01 Å². The SMILES string of the molecule is O=C1CCN([C@@H](c2cccc3c(Cl)cccc23)C(F)(F)F)N1. The number of rotatable bonds is 2. The van der Waals surface area contributed by atoms with Gasteiger partial charge in [-0.05, 0) is 17.0 Å². The molecule has 1 heterocycles. The van der Waals surface area contributed by atoms with Crippen LogP contribution in [0.3, 0.4) is 0 Å². The molecule has 1 fully saturated rings. The number of hydrazine groups is 1. The number of alkyl halides is 3. The smallest absolute Gasteiger partial charge is 0.288 e. The number of nitrogens with one attached hydrogen (secondary N) is 1. The number of carbonyl (C=O) groups is 1. The van der Waals surface area contributed by atoms with Gasteiger partial charge in [-0.1, -0.05) is 41.9 Å². The van der Waals surface area contributed by atoms with Crippen molar-refractivity contribution in [3.05, 3.63) is 47.0 Å². The zero-order chi connectivity index (χ0) is 15.9. The van der Waals surface area contributed by atoms with E-state index in [1.807, 2.05) is 0 Å². The average Bonchev–Trinajstić information content (AvgIpc) is 2.85. The standard InChI is InChI=1S/C15H12ClF3N2O/c16-12-6-2-3-9-10(12)4-1-5-11(9)14(15(17,18)19)21-8-7-13(22)20-21/h1-6,14H,7-8H2,(H,20,22)/t14-/m0/s1. The second kappa shape index (κ2) is 5.44. The molecule has 3 rings (SSSR count). The zero-order valence-electron chi connectivity index (χ0n) is 11.3. The fourth-order valence-corrected chi connectivity index (χ4v) is 2.98. The molecule has 1 N–H and O–H groups in total. The van der Waals surface area contributed by atoms with Gasteiger partial charge in [-0.3, -0.25) is 10.2 Å². The van der Waals surface area contributed by atoms with Crippen molar-refractivity contribution in [3.63, 3.8) is 0 Å². The molecule has 0 aliphatic carbocycles. The Balaban J connectivity index is 2.17. The Morgan fingerprint density at radius 1 is 1.14 bits per heavy atom. The Kier molecular flexibility index (Phi) is 3.74. The van der Waals surface area contributed by atoms with Gasteiger partial charge < -0.3 is 0 Å². The van der Waals surface area contributed by atoms with Crippen LogP contribution in [0.4, 0.5) is 13.2 Å². The molecule has 2 aromatic rings. The molecular weight excluding hydrogens is 317 g/mol. The van der Waals surface area contributed by atoms with Crippen molar-refractivity contribution < 1.29 is 18.0 Å². The molecule has 1 aliphatic rings. The number of nitrogens with zero attached hydrogens (tertiary/aromatic N) is 1. The summed E-state index contributed by atoms with van der Waals surface area (Å²) >= 11 is 6.07. The number of amides is 1. The number of halogens is 4. The maximum atomic E-state index is 13.6. The van der Waals surface area contributed by atoms with Crippen molar-refractivity contribution in [3.8, 4) is 0 Å². The highest BCUT2D eigenvalue weighted by Crippen LogP contribution is 2.41. The molecule has 0 radical (unpaired) electrons. The second-order valence-corrected chi connectivity index (χ2v) is 5.51. The minimum absolute atomic E-state index is 0.0139. The molecule has 22 heavy (non-hydrogen) atoms. The van der Waals surface area contributed by atoms with E-state index in [1.165, 1.54) is 6.07 Å². The molecular formula is C15H12ClF3N2O. The normalized spacial score (nSPS) is 17.7. The van der Waals surface area contributed by atoms with Gasteiger partial charge in [0, 0.05) is 23.4 Å². The van der Waals surface area contributed by atoms with E-state index in [0.29, 0.717) is 15.8 Å². The lowest BCUT2D eigenvalue weighted by Crippen LogP contribution is -2.43. The Labute approximate surface area is 129 Å². The number of fused-ring (bicyclic) bond motifs is 1. The lowest BCUT2D eigenvalue weighted by atomic mass is 9.98. The van der Waals surface area contributed by atoms with Gasteiger partial charge in [-0.2, -0.15) is 13.2 Å². The van der Waals surface area contributed by atoms with Crippen LogP contribution in [0.15, 0.2) is 36.4 Å². The predicted octanol–water partition coefficient (Wildman–Crippen LogP) is 3.83. The molecule has 116 valence electrons. The molecule has 1 amide bonds. The van der Waals surface area contributed by atoms with Gasteiger partial charge in [0.2, 0.25) is 5.91 Å². The van der Waals surface area contributed by atoms with E-state index in [9.17, 15) is 18.0 Å². The van der Waals surface area contributed by atoms with Crippen LogP contribution in [0.25, 0.3) is 10.8 Å². The summed E-state index contributed by atoms with van der Waals surface area (Å²) in [5, 5.41) is 2.32. The van der Waals surface area contributed by atoms with Crippen LogP contribution < -0.4 is 5.43 Å². The van der Waals surface area contributed by atoms with Gasteiger partial charge in [0.05, 0.1) is 0 Å². The van der Waals surface area contributed by atoms with Gasteiger partial charge in [0.15, 0.2) is 6.04 Å². The summed E-state index contributed by atoms with van der Waals surface area (Å²) in [7, 11) is 0. The van der Waals surface area contributed by atoms with E-state index in [2.05, 4.69) is 5.43 Å². The minimum atomic E-state index is -4.52. The van der Waals surface area contributed by atoms with Gasteiger partial charge in [-0.15, -0.1) is 0 Å². The van der Waals surface area contributed by atoms with Gasteiger partial charge in [0.25, 0.3) is 0 Å². The third kappa shape index (κ3) is 2.64. The number of hydrogen-bond donors (Lipinski definition) is 1. The minimum Gasteiger partial charge on any atom is -0.288 e. The van der Waals surface area contributed by atoms with E-state index in [1.54, 1.807) is 30.3 Å². The number of carbonyl (C=O) groups excluding carboxylic acids is 1. The number of hydrogen-bond acceptors (Lipinski definition) is 2. The maximum Gasteiger partial charge on any atom is 0.409 e. The summed E-state index contributed by atoms with van der Waals surface area (Å²) in [6.45, 7) is 0.0139. The first-order chi connectivity index (χ1) is 10.4. The first kappa shape index (κ1) is 15.1. The molecule has 0 aromatic heterocycles. The van der Waals surface area contributed by atoms with E-state index in [4.69, 9.17) is 11.6 Å². The van der Waals surface area contributed by atoms with Gasteiger partial charge in [0.1, 0.15) is 0 Å². The highest BCUT2D eigenvalue weighted by atomic mass is 35.5. The summed E-state index contributed by atoms with van der Waals surface area (Å²) in [5.74, 6) is -0.410. The maximum absolute atomic E-state index is 13.6. The lowest BCUT2D eigenvalue weighted by Gasteiger charge is -2.30. The highest BCUT2D eigenvalue weighted by molar-refractivity contribution is 6.35. The molecule has 7 heteroatoms. The summed E-state index contributed by atoms with van der Waals surface area (Å²) in [5.41, 5.74) is 2.36. The van der Waals surface area contributed by atoms with E-state index >= 15 is 0 Å². The van der Waals surface area contributed by atoms with E-state index in [-0.39, 0.29) is 18.5 Å². The van der Waals surface area contributed by atoms with Crippen molar-refractivity contribution in [2.24, 2.45) is 0 Å². The lowest BCUT2D eigenvalue weighted by molar-refractivity contribution is -0.190. The molecule has 2 aromatic carbocycles. The van der Waals surface area contributed by atoms with Crippen LogP contribution in [0.2, 0.25) is 5.02 Å². The molecule has 1 aliphatic heterocycles. The van der Waals surface area contributed by atoms with Crippen LogP contribution in [0.5, 0.6) is 0 Å². The Bertz CT molecular complexity index is 732. The van der Waals surface area contributed by atoms with Crippen LogP contribution in [-0.4, -0.2) is 23.6 Å². The molecule has 1 saturated heterocycles. The van der Waals surface area contributed by atoms with E-state index in [0.717, 1.165) is 5.01 Å². The van der Waals surface area contributed by atoms with Crippen molar-refractivity contribution in [1.82, 2.24) is 10.4 Å². The Morgan fingerprint density at radius 2 is 1.82 bits per heavy atom. The summed E-state index contributed by atoms with van der Waals surface area (Å²) in [6, 6.07) is 7.59. The third-order valence-electron chi connectivity index (χ3n) is 3.67. The Morgan fingerprint density at radius 3 is 2.45 bits per heavy atom. The van der Waals surface area contributed by atoms with E-state index < -0.39 is 18.1 Å². The predicted molar refractivity (Wildman–Crippen MR) is 77.2 cm³/mol. The molecule has 3 nitrogen and oxygen atoms in total. The molecule has 0 unspecified atom stereocenters. The quantitative estimate of drug-likeness (QED) is 0.908. The second-order valence-electron chi connectivity index (χ2n) is 5.10.